The van der Waals surface area contributed by atoms with E-state index in [0.29, 0.717) is 16.3 Å². The van der Waals surface area contributed by atoms with Gasteiger partial charge in [0, 0.05) is 0 Å². The smallest absolute Gasteiger partial charge is 0.339 e. The van der Waals surface area contributed by atoms with Crippen molar-refractivity contribution in [3.8, 4) is 5.75 Å². The van der Waals surface area contributed by atoms with Gasteiger partial charge in [-0.2, -0.15) is 0 Å². The van der Waals surface area contributed by atoms with E-state index >= 15 is 0 Å². The fourth-order valence-corrected chi connectivity index (χ4v) is 2.39. The minimum Gasteiger partial charge on any atom is -0.507 e. The summed E-state index contributed by atoms with van der Waals surface area (Å²) in [6.45, 7) is 0.160. The predicted octanol–water partition coefficient (Wildman–Crippen LogP) is 3.60. The van der Waals surface area contributed by atoms with E-state index in [0.717, 1.165) is 5.56 Å². The van der Waals surface area contributed by atoms with Gasteiger partial charge in [-0.25, -0.2) is 9.59 Å². The summed E-state index contributed by atoms with van der Waals surface area (Å²) in [5.74, 6) is -2.04. The normalized spacial score (nSPS) is 10.5. The maximum atomic E-state index is 12.2. The molecular formula is C19H14O5. The Morgan fingerprint density at radius 1 is 0.917 bits per heavy atom. The molecule has 0 amide bonds. The number of hydrogen-bond donors (Lipinski definition) is 2. The minimum atomic E-state index is -1.23. The predicted molar refractivity (Wildman–Crippen MR) is 88.1 cm³/mol. The van der Waals surface area contributed by atoms with Crippen LogP contribution >= 0.6 is 0 Å². The van der Waals surface area contributed by atoms with Gasteiger partial charge >= 0.3 is 11.9 Å². The number of benzene rings is 3. The first kappa shape index (κ1) is 15.6. The van der Waals surface area contributed by atoms with Crippen LogP contribution in [0.4, 0.5) is 0 Å². The average molecular weight is 322 g/mol. The Bertz CT molecular complexity index is 916. The maximum absolute atomic E-state index is 12.2. The van der Waals surface area contributed by atoms with Gasteiger partial charge in [0.1, 0.15) is 17.9 Å². The third kappa shape index (κ3) is 3.20. The molecule has 5 heteroatoms. The lowest BCUT2D eigenvalue weighted by Gasteiger charge is -2.07. The molecule has 0 fully saturated rings. The minimum absolute atomic E-state index is 0.160. The second-order valence-electron chi connectivity index (χ2n) is 5.30. The van der Waals surface area contributed by atoms with E-state index in [2.05, 4.69) is 0 Å². The topological polar surface area (TPSA) is 83.8 Å². The van der Waals surface area contributed by atoms with Crippen LogP contribution in [0.25, 0.3) is 10.8 Å². The Morgan fingerprint density at radius 3 is 2.38 bits per heavy atom. The molecule has 2 N–H and O–H groups in total. The molecule has 0 aliphatic rings. The van der Waals surface area contributed by atoms with Crippen molar-refractivity contribution >= 4 is 22.7 Å². The zero-order valence-corrected chi connectivity index (χ0v) is 12.6. The molecule has 120 valence electrons. The summed E-state index contributed by atoms with van der Waals surface area (Å²) in [5.41, 5.74) is 0.988. The van der Waals surface area contributed by atoms with Crippen LogP contribution in [0.1, 0.15) is 26.3 Å². The van der Waals surface area contributed by atoms with Crippen molar-refractivity contribution < 1.29 is 24.5 Å². The van der Waals surface area contributed by atoms with Crippen LogP contribution in [-0.4, -0.2) is 22.2 Å². The summed E-state index contributed by atoms with van der Waals surface area (Å²) >= 11 is 0. The van der Waals surface area contributed by atoms with Crippen LogP contribution in [0, 0.1) is 0 Å². The number of fused-ring (bicyclic) bond motifs is 1. The first-order valence-corrected chi connectivity index (χ1v) is 7.26. The van der Waals surface area contributed by atoms with Gasteiger partial charge in [0.25, 0.3) is 0 Å². The van der Waals surface area contributed by atoms with E-state index in [1.54, 1.807) is 18.2 Å². The van der Waals surface area contributed by atoms with Crippen molar-refractivity contribution in [3.05, 3.63) is 77.4 Å². The quantitative estimate of drug-likeness (QED) is 0.717. The van der Waals surface area contributed by atoms with Gasteiger partial charge in [-0.3, -0.25) is 0 Å². The van der Waals surface area contributed by atoms with Gasteiger partial charge in [-0.15, -0.1) is 0 Å². The lowest BCUT2D eigenvalue weighted by Crippen LogP contribution is -2.05. The highest BCUT2D eigenvalue weighted by molar-refractivity contribution is 6.00. The second-order valence-corrected chi connectivity index (χ2v) is 5.30. The monoisotopic (exact) mass is 322 g/mol. The summed E-state index contributed by atoms with van der Waals surface area (Å²) in [7, 11) is 0. The Morgan fingerprint density at radius 2 is 1.67 bits per heavy atom. The Labute approximate surface area is 137 Å². The van der Waals surface area contributed by atoms with Crippen LogP contribution in [0.5, 0.6) is 5.75 Å². The van der Waals surface area contributed by atoms with Gasteiger partial charge in [-0.1, -0.05) is 36.4 Å². The van der Waals surface area contributed by atoms with Gasteiger partial charge in [0.15, 0.2) is 0 Å². The molecule has 0 spiro atoms. The Hall–Kier alpha value is -3.34. The molecule has 0 aromatic heterocycles. The molecular weight excluding hydrogens is 308 g/mol. The van der Waals surface area contributed by atoms with E-state index in [1.807, 2.05) is 30.3 Å². The summed E-state index contributed by atoms with van der Waals surface area (Å²) in [5, 5.41) is 19.9. The standard InChI is InChI=1S/C19H14O5/c20-17-10-13-6-7-14(8-15(13)9-16(17)18(21)22)19(23)24-11-12-4-2-1-3-5-12/h1-10,20H,11H2,(H,21,22). The number of aromatic carboxylic acids is 1. The summed E-state index contributed by atoms with van der Waals surface area (Å²) in [6, 6.07) is 16.8. The van der Waals surface area contributed by atoms with E-state index < -0.39 is 11.9 Å². The average Bonchev–Trinajstić information content (AvgIpc) is 2.59. The highest BCUT2D eigenvalue weighted by Crippen LogP contribution is 2.26. The highest BCUT2D eigenvalue weighted by Gasteiger charge is 2.13. The number of hydrogen-bond acceptors (Lipinski definition) is 4. The Kier molecular flexibility index (Phi) is 4.16. The number of carbonyl (C=O) groups excluding carboxylic acids is 1. The van der Waals surface area contributed by atoms with Crippen LogP contribution in [0.2, 0.25) is 0 Å². The van der Waals surface area contributed by atoms with Crippen LogP contribution < -0.4 is 0 Å². The van der Waals surface area contributed by atoms with E-state index in [4.69, 9.17) is 9.84 Å². The molecule has 24 heavy (non-hydrogen) atoms. The van der Waals surface area contributed by atoms with Crippen molar-refractivity contribution in [2.45, 2.75) is 6.61 Å². The number of aromatic hydroxyl groups is 1. The van der Waals surface area contributed by atoms with Gasteiger partial charge < -0.3 is 14.9 Å². The molecule has 3 rings (SSSR count). The van der Waals surface area contributed by atoms with Crippen molar-refractivity contribution in [2.75, 3.05) is 0 Å². The van der Waals surface area contributed by atoms with Crippen molar-refractivity contribution in [2.24, 2.45) is 0 Å². The first-order valence-electron chi connectivity index (χ1n) is 7.26. The summed E-state index contributed by atoms with van der Waals surface area (Å²) in [6.07, 6.45) is 0. The zero-order valence-electron chi connectivity index (χ0n) is 12.6. The lowest BCUT2D eigenvalue weighted by atomic mass is 10.0. The third-order valence-corrected chi connectivity index (χ3v) is 3.63. The molecule has 0 bridgehead atoms. The number of ether oxygens (including phenoxy) is 1. The SMILES string of the molecule is O=C(OCc1ccccc1)c1ccc2cc(O)c(C(=O)O)cc2c1. The van der Waals surface area contributed by atoms with Crippen molar-refractivity contribution in [1.29, 1.82) is 0 Å². The molecule has 5 nitrogen and oxygen atoms in total. The Balaban J connectivity index is 1.85. The van der Waals surface area contributed by atoms with Crippen LogP contribution in [-0.2, 0) is 11.3 Å². The fourth-order valence-electron chi connectivity index (χ4n) is 2.39. The number of carbonyl (C=O) groups is 2. The van der Waals surface area contributed by atoms with Gasteiger partial charge in [0.2, 0.25) is 0 Å². The number of esters is 1. The number of rotatable bonds is 4. The van der Waals surface area contributed by atoms with Crippen molar-refractivity contribution in [1.82, 2.24) is 0 Å². The number of carboxylic acids is 1. The molecule has 0 heterocycles. The van der Waals surface area contributed by atoms with Crippen LogP contribution in [0.3, 0.4) is 0 Å². The lowest BCUT2D eigenvalue weighted by molar-refractivity contribution is 0.0472. The highest BCUT2D eigenvalue weighted by atomic mass is 16.5. The molecule has 3 aromatic rings. The first-order chi connectivity index (χ1) is 11.5. The van der Waals surface area contributed by atoms with E-state index in [9.17, 15) is 14.7 Å². The largest absolute Gasteiger partial charge is 0.507 e. The molecule has 0 aliphatic heterocycles. The third-order valence-electron chi connectivity index (χ3n) is 3.63. The zero-order chi connectivity index (χ0) is 17.1. The van der Waals surface area contributed by atoms with E-state index in [1.165, 1.54) is 12.1 Å². The molecule has 0 unspecified atom stereocenters. The van der Waals surface area contributed by atoms with E-state index in [-0.39, 0.29) is 17.9 Å². The molecule has 3 aromatic carbocycles. The van der Waals surface area contributed by atoms with Gasteiger partial charge in [0.05, 0.1) is 5.56 Å². The molecule has 0 saturated carbocycles. The maximum Gasteiger partial charge on any atom is 0.339 e. The molecule has 0 saturated heterocycles. The summed E-state index contributed by atoms with van der Waals surface area (Å²) in [4.78, 5) is 23.3. The molecule has 0 aliphatic carbocycles. The summed E-state index contributed by atoms with van der Waals surface area (Å²) < 4.78 is 5.26. The second kappa shape index (κ2) is 6.42. The van der Waals surface area contributed by atoms with Gasteiger partial charge in [-0.05, 0) is 40.6 Å². The van der Waals surface area contributed by atoms with Crippen LogP contribution in [0.15, 0.2) is 60.7 Å². The number of carboxylic acid groups (broad SMARTS) is 1. The molecule has 0 atom stereocenters. The number of phenols is 1. The molecule has 0 radical (unpaired) electrons. The fraction of sp³-hybridized carbons (Fsp3) is 0.0526. The van der Waals surface area contributed by atoms with Crippen molar-refractivity contribution in [3.63, 3.8) is 0 Å².